The van der Waals surface area contributed by atoms with Crippen molar-refractivity contribution < 1.29 is 0 Å². The molecule has 1 aliphatic heterocycles. The summed E-state index contributed by atoms with van der Waals surface area (Å²) >= 11 is 1.59. The molecule has 1 aromatic carbocycles. The van der Waals surface area contributed by atoms with Gasteiger partial charge < -0.3 is 21.4 Å². The smallest absolute Gasteiger partial charge is 0.199 e. The SMILES string of the molecule is C=C1NC(N)=Nc2c1nc(Sc1ccc(C(C)C)cc1)n2CCN. The maximum atomic E-state index is 5.81. The number of aliphatic imine (C=N–C) groups is 1. The standard InChI is InChI=1S/C17H22N6S/c1-10(2)12-4-6-13(7-5-12)24-17-21-14-11(3)20-16(19)22-15(14)23(17)9-8-18/h4-7,10H,3,8-9,18H2,1-2H3,(H3,19,20,22). The molecule has 24 heavy (non-hydrogen) atoms. The van der Waals surface area contributed by atoms with Crippen molar-refractivity contribution in [3.63, 3.8) is 0 Å². The van der Waals surface area contributed by atoms with Gasteiger partial charge in [-0.1, -0.05) is 44.3 Å². The van der Waals surface area contributed by atoms with Crippen molar-refractivity contribution in [3.8, 4) is 0 Å². The van der Waals surface area contributed by atoms with Gasteiger partial charge in [0.1, 0.15) is 5.69 Å². The van der Waals surface area contributed by atoms with Gasteiger partial charge in [-0.2, -0.15) is 4.99 Å². The zero-order chi connectivity index (χ0) is 17.3. The van der Waals surface area contributed by atoms with E-state index >= 15 is 0 Å². The molecular formula is C17H22N6S. The van der Waals surface area contributed by atoms with Crippen molar-refractivity contribution in [2.75, 3.05) is 6.54 Å². The molecule has 5 N–H and O–H groups in total. The van der Waals surface area contributed by atoms with Crippen molar-refractivity contribution >= 4 is 29.2 Å². The number of imidazole rings is 1. The molecule has 0 radical (unpaired) electrons. The van der Waals surface area contributed by atoms with Gasteiger partial charge in [-0.3, -0.25) is 0 Å². The molecule has 0 spiro atoms. The summed E-state index contributed by atoms with van der Waals surface area (Å²) < 4.78 is 2.00. The molecule has 6 nitrogen and oxygen atoms in total. The first-order valence-corrected chi connectivity index (χ1v) is 8.70. The first kappa shape index (κ1) is 16.6. The van der Waals surface area contributed by atoms with Gasteiger partial charge in [0.25, 0.3) is 0 Å². The molecule has 0 saturated carbocycles. The molecule has 0 aliphatic carbocycles. The predicted octanol–water partition coefficient (Wildman–Crippen LogP) is 2.64. The van der Waals surface area contributed by atoms with Crippen LogP contribution in [0.3, 0.4) is 0 Å². The number of rotatable bonds is 5. The summed E-state index contributed by atoms with van der Waals surface area (Å²) in [6.45, 7) is 9.46. The highest BCUT2D eigenvalue weighted by molar-refractivity contribution is 7.99. The van der Waals surface area contributed by atoms with Crippen molar-refractivity contribution in [2.45, 2.75) is 36.4 Å². The van der Waals surface area contributed by atoms with E-state index in [4.69, 9.17) is 11.5 Å². The van der Waals surface area contributed by atoms with Crippen LogP contribution in [0, 0.1) is 0 Å². The van der Waals surface area contributed by atoms with E-state index in [0.29, 0.717) is 36.5 Å². The van der Waals surface area contributed by atoms with Crippen LogP contribution < -0.4 is 16.8 Å². The number of guanidine groups is 1. The molecule has 2 aromatic rings. The van der Waals surface area contributed by atoms with E-state index < -0.39 is 0 Å². The summed E-state index contributed by atoms with van der Waals surface area (Å²) in [5, 5.41) is 3.76. The number of hydrogen-bond donors (Lipinski definition) is 3. The van der Waals surface area contributed by atoms with Gasteiger partial charge in [-0.05, 0) is 23.6 Å². The monoisotopic (exact) mass is 342 g/mol. The first-order valence-electron chi connectivity index (χ1n) is 7.88. The van der Waals surface area contributed by atoms with Gasteiger partial charge in [-0.15, -0.1) is 0 Å². The molecule has 0 bridgehead atoms. The fraction of sp³-hybridized carbons (Fsp3) is 0.294. The van der Waals surface area contributed by atoms with Crippen molar-refractivity contribution in [1.29, 1.82) is 0 Å². The summed E-state index contributed by atoms with van der Waals surface area (Å²) in [7, 11) is 0. The van der Waals surface area contributed by atoms with E-state index in [1.54, 1.807) is 11.8 Å². The van der Waals surface area contributed by atoms with E-state index in [0.717, 1.165) is 15.7 Å². The highest BCUT2D eigenvalue weighted by Gasteiger charge is 2.23. The lowest BCUT2D eigenvalue weighted by Crippen LogP contribution is -2.32. The molecule has 0 unspecified atom stereocenters. The highest BCUT2D eigenvalue weighted by atomic mass is 32.2. The Hall–Kier alpha value is -2.25. The zero-order valence-electron chi connectivity index (χ0n) is 13.9. The lowest BCUT2D eigenvalue weighted by atomic mass is 10.0. The van der Waals surface area contributed by atoms with E-state index in [1.807, 2.05) is 4.57 Å². The quantitative estimate of drug-likeness (QED) is 0.776. The lowest BCUT2D eigenvalue weighted by Gasteiger charge is -2.14. The summed E-state index contributed by atoms with van der Waals surface area (Å²) in [5.41, 5.74) is 14.3. The van der Waals surface area contributed by atoms with Crippen LogP contribution in [0.25, 0.3) is 5.70 Å². The molecule has 7 heteroatoms. The highest BCUT2D eigenvalue weighted by Crippen LogP contribution is 2.36. The van der Waals surface area contributed by atoms with Gasteiger partial charge in [0.05, 0.1) is 5.70 Å². The van der Waals surface area contributed by atoms with Gasteiger partial charge in [0.2, 0.25) is 0 Å². The molecule has 3 rings (SSSR count). The topological polar surface area (TPSA) is 94.2 Å². The van der Waals surface area contributed by atoms with Crippen LogP contribution in [0.4, 0.5) is 5.82 Å². The van der Waals surface area contributed by atoms with Crippen LogP contribution in [0.1, 0.15) is 31.0 Å². The Bertz CT molecular complexity index is 788. The maximum absolute atomic E-state index is 5.81. The number of benzene rings is 1. The second-order valence-corrected chi connectivity index (χ2v) is 6.97. The minimum atomic E-state index is 0.323. The Morgan fingerprint density at radius 3 is 2.62 bits per heavy atom. The first-order chi connectivity index (χ1) is 11.5. The van der Waals surface area contributed by atoms with E-state index in [1.165, 1.54) is 5.56 Å². The minimum Gasteiger partial charge on any atom is -0.369 e. The van der Waals surface area contributed by atoms with E-state index in [2.05, 4.69) is 60.0 Å². The molecule has 1 aliphatic rings. The molecule has 2 heterocycles. The van der Waals surface area contributed by atoms with E-state index in [9.17, 15) is 0 Å². The van der Waals surface area contributed by atoms with Crippen LogP contribution >= 0.6 is 11.8 Å². The number of hydrogen-bond acceptors (Lipinski definition) is 6. The lowest BCUT2D eigenvalue weighted by molar-refractivity contribution is 0.647. The summed E-state index contributed by atoms with van der Waals surface area (Å²) in [6, 6.07) is 8.54. The normalized spacial score (nSPS) is 13.7. The Kier molecular flexibility index (Phi) is 4.64. The van der Waals surface area contributed by atoms with E-state index in [-0.39, 0.29) is 0 Å². The second kappa shape index (κ2) is 6.70. The molecule has 126 valence electrons. The Morgan fingerprint density at radius 2 is 2.00 bits per heavy atom. The second-order valence-electron chi connectivity index (χ2n) is 5.93. The van der Waals surface area contributed by atoms with Crippen molar-refractivity contribution in [1.82, 2.24) is 14.9 Å². The molecule has 0 atom stereocenters. The predicted molar refractivity (Wildman–Crippen MR) is 99.4 cm³/mol. The van der Waals surface area contributed by atoms with Crippen LogP contribution in [0.15, 0.2) is 45.9 Å². The minimum absolute atomic E-state index is 0.323. The third-order valence-electron chi connectivity index (χ3n) is 3.81. The third kappa shape index (κ3) is 3.18. The van der Waals surface area contributed by atoms with Crippen molar-refractivity contribution in [3.05, 3.63) is 42.1 Å². The van der Waals surface area contributed by atoms with Gasteiger partial charge in [-0.25, -0.2) is 4.98 Å². The average Bonchev–Trinajstić information content (AvgIpc) is 2.87. The molecular weight excluding hydrogens is 320 g/mol. The maximum Gasteiger partial charge on any atom is 0.199 e. The largest absolute Gasteiger partial charge is 0.369 e. The Balaban J connectivity index is 1.96. The fourth-order valence-corrected chi connectivity index (χ4v) is 3.44. The third-order valence-corrected chi connectivity index (χ3v) is 4.81. The summed E-state index contributed by atoms with van der Waals surface area (Å²) in [5.74, 6) is 1.55. The summed E-state index contributed by atoms with van der Waals surface area (Å²) in [4.78, 5) is 10.2. The number of nitrogens with one attached hydrogen (secondary N) is 1. The number of nitrogens with zero attached hydrogens (tertiary/aromatic N) is 3. The number of aromatic nitrogens is 2. The average molecular weight is 342 g/mol. The fourth-order valence-electron chi connectivity index (χ4n) is 2.53. The number of fused-ring (bicyclic) bond motifs is 1. The van der Waals surface area contributed by atoms with Crippen LogP contribution in [-0.4, -0.2) is 22.1 Å². The Morgan fingerprint density at radius 1 is 1.29 bits per heavy atom. The van der Waals surface area contributed by atoms with Crippen molar-refractivity contribution in [2.24, 2.45) is 16.5 Å². The summed E-state index contributed by atoms with van der Waals surface area (Å²) in [6.07, 6.45) is 0. The molecule has 0 amide bonds. The molecule has 1 aromatic heterocycles. The molecule has 0 fully saturated rings. The van der Waals surface area contributed by atoms with Gasteiger partial charge in [0, 0.05) is 18.0 Å². The number of nitrogens with two attached hydrogens (primary N) is 2. The van der Waals surface area contributed by atoms with Crippen LogP contribution in [0.5, 0.6) is 0 Å². The molecule has 0 saturated heterocycles. The van der Waals surface area contributed by atoms with Crippen LogP contribution in [0.2, 0.25) is 0 Å². The van der Waals surface area contributed by atoms with Gasteiger partial charge in [0.15, 0.2) is 16.9 Å². The van der Waals surface area contributed by atoms with Gasteiger partial charge >= 0.3 is 0 Å². The Labute approximate surface area is 146 Å². The van der Waals surface area contributed by atoms with Crippen LogP contribution in [-0.2, 0) is 6.54 Å². The zero-order valence-corrected chi connectivity index (χ0v) is 14.7.